The normalized spacial score (nSPS) is 21.0. The van der Waals surface area contributed by atoms with Crippen LogP contribution in [0.4, 0.5) is 16.2 Å². The Hall–Kier alpha value is -3.76. The van der Waals surface area contributed by atoms with Crippen molar-refractivity contribution in [2.24, 2.45) is 0 Å². The van der Waals surface area contributed by atoms with Crippen molar-refractivity contribution < 1.29 is 9.18 Å². The largest absolute Gasteiger partial charge is 0.349 e. The monoisotopic (exact) mass is 616 g/mol. The summed E-state index contributed by atoms with van der Waals surface area (Å²) in [6, 6.07) is 6.40. The van der Waals surface area contributed by atoms with Gasteiger partial charge < -0.3 is 19.6 Å². The highest BCUT2D eigenvalue weighted by atomic mass is 35.5. The second kappa shape index (κ2) is 10.7. The van der Waals surface area contributed by atoms with Gasteiger partial charge in [0, 0.05) is 66.2 Å². The number of piperazine rings is 1. The van der Waals surface area contributed by atoms with Crippen molar-refractivity contribution in [3.8, 4) is 11.1 Å². The van der Waals surface area contributed by atoms with E-state index < -0.39 is 5.82 Å². The van der Waals surface area contributed by atoms with Crippen LogP contribution in [0, 0.1) is 12.7 Å². The number of carbonyl (C=O) groups excluding carboxylic acids is 1. The molecule has 0 N–H and O–H groups in total. The maximum atomic E-state index is 17.2. The molecule has 230 valence electrons. The van der Waals surface area contributed by atoms with Crippen LogP contribution in [0.15, 0.2) is 37.1 Å². The van der Waals surface area contributed by atoms with Crippen molar-refractivity contribution >= 4 is 51.1 Å². The number of anilines is 2. The van der Waals surface area contributed by atoms with Gasteiger partial charge >= 0.3 is 0 Å². The highest BCUT2D eigenvalue weighted by Gasteiger charge is 2.36. The zero-order valence-corrected chi connectivity index (χ0v) is 26.6. The second-order valence-electron chi connectivity index (χ2n) is 12.9. The van der Waals surface area contributed by atoms with Crippen LogP contribution >= 0.6 is 11.6 Å². The Labute approximate surface area is 261 Å². The average molecular weight is 617 g/mol. The molecule has 0 unspecified atom stereocenters. The third-order valence-electron chi connectivity index (χ3n) is 9.55. The van der Waals surface area contributed by atoms with Crippen molar-refractivity contribution in [1.29, 1.82) is 0 Å². The Balaban J connectivity index is 1.42. The number of fused-ring (bicyclic) bond motifs is 2. The SMILES string of the molecule is C=CC(=O)N1C[C@H](C)N(c2nc(N3CC(N(C)C)C3)nc3c(F)c(-c4c(C)ccc5cnn(C6CC6)c45)c(Cl)cc23)C[C@H]1C. The van der Waals surface area contributed by atoms with Crippen LogP contribution in [0.3, 0.4) is 0 Å². The Bertz CT molecular complexity index is 1810. The molecule has 0 radical (unpaired) electrons. The molecular formula is C33H38ClFN8O. The number of carbonyl (C=O) groups is 1. The minimum atomic E-state index is -0.456. The molecule has 1 amide bonds. The van der Waals surface area contributed by atoms with Crippen LogP contribution in [-0.2, 0) is 4.79 Å². The van der Waals surface area contributed by atoms with Crippen molar-refractivity contribution in [2.75, 3.05) is 50.1 Å². The number of aryl methyl sites for hydroxylation is 1. The van der Waals surface area contributed by atoms with E-state index in [1.807, 2.05) is 47.8 Å². The van der Waals surface area contributed by atoms with E-state index in [0.29, 0.717) is 52.9 Å². The number of halogens is 2. The lowest BCUT2D eigenvalue weighted by Gasteiger charge is -2.45. The first-order chi connectivity index (χ1) is 21.1. The zero-order chi connectivity index (χ0) is 31.0. The number of rotatable bonds is 6. The molecule has 2 atom stereocenters. The first kappa shape index (κ1) is 29.0. The molecule has 4 heterocycles. The molecule has 3 fully saturated rings. The molecular weight excluding hydrogens is 579 g/mol. The van der Waals surface area contributed by atoms with Gasteiger partial charge in [-0.05, 0) is 65.4 Å². The molecule has 2 aromatic heterocycles. The third-order valence-corrected chi connectivity index (χ3v) is 9.85. The summed E-state index contributed by atoms with van der Waals surface area (Å²) in [5, 5.41) is 6.51. The van der Waals surface area contributed by atoms with Crippen molar-refractivity contribution in [2.45, 2.75) is 57.8 Å². The molecule has 4 aromatic rings. The number of hydrogen-bond acceptors (Lipinski definition) is 7. The lowest BCUT2D eigenvalue weighted by molar-refractivity contribution is -0.128. The molecule has 7 rings (SSSR count). The first-order valence-corrected chi connectivity index (χ1v) is 15.7. The fourth-order valence-corrected chi connectivity index (χ4v) is 6.99. The lowest BCUT2D eigenvalue weighted by Crippen LogP contribution is -2.59. The zero-order valence-electron chi connectivity index (χ0n) is 25.9. The molecule has 44 heavy (non-hydrogen) atoms. The summed E-state index contributed by atoms with van der Waals surface area (Å²) in [6.07, 6.45) is 5.33. The molecule has 2 saturated heterocycles. The summed E-state index contributed by atoms with van der Waals surface area (Å²) in [7, 11) is 4.12. The second-order valence-corrected chi connectivity index (χ2v) is 13.3. The summed E-state index contributed by atoms with van der Waals surface area (Å²) < 4.78 is 19.2. The van der Waals surface area contributed by atoms with E-state index in [1.165, 1.54) is 6.08 Å². The number of amides is 1. The Kier molecular flexibility index (Phi) is 7.05. The molecule has 11 heteroatoms. The Morgan fingerprint density at radius 2 is 1.84 bits per heavy atom. The quantitative estimate of drug-likeness (QED) is 0.267. The van der Waals surface area contributed by atoms with Crippen molar-refractivity contribution in [3.05, 3.63) is 53.5 Å². The maximum Gasteiger partial charge on any atom is 0.246 e. The van der Waals surface area contributed by atoms with Gasteiger partial charge in [0.25, 0.3) is 0 Å². The fourth-order valence-electron chi connectivity index (χ4n) is 6.70. The van der Waals surface area contributed by atoms with Crippen molar-refractivity contribution in [3.63, 3.8) is 0 Å². The van der Waals surface area contributed by atoms with Gasteiger partial charge in [-0.2, -0.15) is 10.1 Å². The number of hydrogen-bond donors (Lipinski definition) is 0. The van der Waals surface area contributed by atoms with E-state index in [0.717, 1.165) is 48.0 Å². The molecule has 0 bridgehead atoms. The van der Waals surface area contributed by atoms with E-state index in [1.54, 1.807) is 0 Å². The van der Waals surface area contributed by atoms with Gasteiger partial charge in [-0.1, -0.05) is 30.3 Å². The summed E-state index contributed by atoms with van der Waals surface area (Å²) >= 11 is 7.06. The molecule has 0 spiro atoms. The summed E-state index contributed by atoms with van der Waals surface area (Å²) in [5.74, 6) is 0.581. The maximum absolute atomic E-state index is 17.2. The predicted molar refractivity (Wildman–Crippen MR) is 174 cm³/mol. The van der Waals surface area contributed by atoms with E-state index in [-0.39, 0.29) is 23.5 Å². The molecule has 2 aromatic carbocycles. The van der Waals surface area contributed by atoms with Gasteiger partial charge in [-0.25, -0.2) is 9.37 Å². The van der Waals surface area contributed by atoms with Crippen molar-refractivity contribution in [1.82, 2.24) is 29.5 Å². The molecule has 2 aliphatic heterocycles. The summed E-state index contributed by atoms with van der Waals surface area (Å²) in [6.45, 7) is 12.3. The van der Waals surface area contributed by atoms with Gasteiger partial charge in [0.15, 0.2) is 5.82 Å². The average Bonchev–Trinajstić information content (AvgIpc) is 3.72. The summed E-state index contributed by atoms with van der Waals surface area (Å²) in [4.78, 5) is 30.8. The minimum Gasteiger partial charge on any atom is -0.349 e. The van der Waals surface area contributed by atoms with Gasteiger partial charge in [0.2, 0.25) is 11.9 Å². The lowest BCUT2D eigenvalue weighted by atomic mass is 9.95. The number of likely N-dealkylation sites (N-methyl/N-ethyl adjacent to an activating group) is 1. The van der Waals surface area contributed by atoms with E-state index >= 15 is 4.39 Å². The van der Waals surface area contributed by atoms with E-state index in [2.05, 4.69) is 47.4 Å². The fraction of sp³-hybridized carbons (Fsp3) is 0.455. The molecule has 3 aliphatic rings. The highest BCUT2D eigenvalue weighted by Crippen LogP contribution is 2.45. The Morgan fingerprint density at radius 1 is 1.09 bits per heavy atom. The summed E-state index contributed by atoms with van der Waals surface area (Å²) in [5.41, 5.74) is 3.18. The van der Waals surface area contributed by atoms with Gasteiger partial charge in [0.1, 0.15) is 11.3 Å². The number of benzene rings is 2. The van der Waals surface area contributed by atoms with Gasteiger partial charge in [-0.15, -0.1) is 0 Å². The van der Waals surface area contributed by atoms with Gasteiger partial charge in [0.05, 0.1) is 22.8 Å². The number of nitrogens with zero attached hydrogens (tertiary/aromatic N) is 8. The highest BCUT2D eigenvalue weighted by molar-refractivity contribution is 6.35. The molecule has 9 nitrogen and oxygen atoms in total. The topological polar surface area (TPSA) is 73.6 Å². The van der Waals surface area contributed by atoms with Crippen LogP contribution in [0.5, 0.6) is 0 Å². The first-order valence-electron chi connectivity index (χ1n) is 15.3. The molecule has 1 saturated carbocycles. The standard InChI is InChI=1S/C33H38ClFN8O/c1-7-26(44)41-14-20(4)42(15-19(41)3)32-24-12-25(34)28(27-18(2)8-9-21-13-36-43(31(21)27)22-10-11-22)29(35)30(24)37-33(38-32)40-16-23(17-40)39(5)6/h7-9,12-13,19-20,22-23H,1,10-11,14-17H2,2-6H3/t19-,20+/m1/s1. The van der Waals surface area contributed by atoms with Crippen LogP contribution in [0.25, 0.3) is 32.9 Å². The van der Waals surface area contributed by atoms with Crippen LogP contribution < -0.4 is 9.80 Å². The smallest absolute Gasteiger partial charge is 0.246 e. The van der Waals surface area contributed by atoms with E-state index in [4.69, 9.17) is 21.6 Å². The van der Waals surface area contributed by atoms with Crippen LogP contribution in [-0.4, -0.2) is 93.9 Å². The Morgan fingerprint density at radius 3 is 2.52 bits per heavy atom. The molecule has 1 aliphatic carbocycles. The van der Waals surface area contributed by atoms with Gasteiger partial charge in [-0.3, -0.25) is 9.48 Å². The predicted octanol–water partition coefficient (Wildman–Crippen LogP) is 5.44. The number of aromatic nitrogens is 4. The van der Waals surface area contributed by atoms with Crippen LogP contribution in [0.2, 0.25) is 5.02 Å². The van der Waals surface area contributed by atoms with Crippen LogP contribution in [0.1, 0.15) is 38.3 Å². The third kappa shape index (κ3) is 4.61. The minimum absolute atomic E-state index is 0.0719. The van der Waals surface area contributed by atoms with E-state index in [9.17, 15) is 4.79 Å².